The van der Waals surface area contributed by atoms with Crippen molar-refractivity contribution in [3.63, 3.8) is 0 Å². The molecule has 2 aromatic carbocycles. The lowest BCUT2D eigenvalue weighted by Gasteiger charge is -2.29. The Hall–Kier alpha value is -2.66. The Morgan fingerprint density at radius 2 is 1.62 bits per heavy atom. The molecule has 0 radical (unpaired) electrons. The zero-order valence-electron chi connectivity index (χ0n) is 13.7. The summed E-state index contributed by atoms with van der Waals surface area (Å²) in [4.78, 5) is 24.2. The van der Waals surface area contributed by atoms with Gasteiger partial charge in [0.05, 0.1) is 0 Å². The highest BCUT2D eigenvalue weighted by Crippen LogP contribution is 2.25. The molecule has 2 rings (SSSR count). The van der Waals surface area contributed by atoms with Crippen LogP contribution in [-0.2, 0) is 26.3 Å². The van der Waals surface area contributed by atoms with Crippen LogP contribution in [0.1, 0.15) is 18.1 Å². The van der Waals surface area contributed by atoms with Crippen LogP contribution in [0.15, 0.2) is 60.7 Å². The van der Waals surface area contributed by atoms with Crippen LogP contribution < -0.4 is 5.32 Å². The fourth-order valence-corrected chi connectivity index (χ4v) is 2.44. The molecule has 0 unspecified atom stereocenters. The van der Waals surface area contributed by atoms with Crippen molar-refractivity contribution >= 4 is 11.9 Å². The number of carbonyl (C=O) groups excluding carboxylic acids is 1. The molecule has 0 saturated heterocycles. The van der Waals surface area contributed by atoms with E-state index in [0.717, 1.165) is 5.56 Å². The molecular formula is C19H21NO4. The number of carboxylic acid groups (broad SMARTS) is 1. The smallest absolute Gasteiger partial charge is 0.326 e. The molecule has 1 amide bonds. The summed E-state index contributed by atoms with van der Waals surface area (Å²) in [7, 11) is 1.43. The van der Waals surface area contributed by atoms with Gasteiger partial charge in [-0.3, -0.25) is 4.79 Å². The van der Waals surface area contributed by atoms with Crippen LogP contribution in [0.25, 0.3) is 0 Å². The number of benzene rings is 2. The van der Waals surface area contributed by atoms with Gasteiger partial charge in [0.25, 0.3) is 5.91 Å². The second-order valence-electron chi connectivity index (χ2n) is 5.66. The average molecular weight is 327 g/mol. The van der Waals surface area contributed by atoms with Crippen LogP contribution in [-0.4, -0.2) is 30.1 Å². The predicted molar refractivity (Wildman–Crippen MR) is 90.5 cm³/mol. The molecule has 0 spiro atoms. The molecule has 2 atom stereocenters. The van der Waals surface area contributed by atoms with E-state index >= 15 is 0 Å². The third-order valence-electron chi connectivity index (χ3n) is 4.05. The number of ether oxygens (including phenoxy) is 1. The molecule has 2 N–H and O–H groups in total. The third kappa shape index (κ3) is 4.00. The van der Waals surface area contributed by atoms with E-state index in [4.69, 9.17) is 4.74 Å². The Balaban J connectivity index is 2.19. The van der Waals surface area contributed by atoms with Crippen LogP contribution in [0.4, 0.5) is 0 Å². The summed E-state index contributed by atoms with van der Waals surface area (Å²) in [5.74, 6) is -1.57. The van der Waals surface area contributed by atoms with Crippen LogP contribution in [0, 0.1) is 0 Å². The fraction of sp³-hybridized carbons (Fsp3) is 0.263. The second-order valence-corrected chi connectivity index (χ2v) is 5.66. The molecule has 0 bridgehead atoms. The SMILES string of the molecule is CO[C@](C)(C(=O)N[C@@H](Cc1ccccc1)C(=O)O)c1ccccc1. The minimum Gasteiger partial charge on any atom is -0.480 e. The second kappa shape index (κ2) is 7.75. The maximum absolute atomic E-state index is 12.7. The molecule has 0 fully saturated rings. The van der Waals surface area contributed by atoms with Crippen molar-refractivity contribution in [1.82, 2.24) is 5.32 Å². The molecule has 5 nitrogen and oxygen atoms in total. The zero-order valence-corrected chi connectivity index (χ0v) is 13.7. The summed E-state index contributed by atoms with van der Waals surface area (Å²) in [5, 5.41) is 12.0. The van der Waals surface area contributed by atoms with E-state index in [1.54, 1.807) is 31.2 Å². The molecule has 0 aliphatic heterocycles. The summed E-state index contributed by atoms with van der Waals surface area (Å²) in [6.07, 6.45) is 0.205. The number of hydrogen-bond donors (Lipinski definition) is 2. The highest BCUT2D eigenvalue weighted by molar-refractivity contribution is 5.90. The molecule has 0 heterocycles. The van der Waals surface area contributed by atoms with Crippen LogP contribution in [0.3, 0.4) is 0 Å². The molecule has 0 aliphatic carbocycles. The van der Waals surface area contributed by atoms with Gasteiger partial charge in [0.1, 0.15) is 6.04 Å². The van der Waals surface area contributed by atoms with E-state index in [-0.39, 0.29) is 6.42 Å². The van der Waals surface area contributed by atoms with E-state index in [0.29, 0.717) is 5.56 Å². The number of amides is 1. The zero-order chi connectivity index (χ0) is 17.6. The summed E-state index contributed by atoms with van der Waals surface area (Å²) in [6, 6.07) is 17.1. The van der Waals surface area contributed by atoms with Gasteiger partial charge in [-0.05, 0) is 18.1 Å². The first-order valence-corrected chi connectivity index (χ1v) is 7.65. The number of carboxylic acids is 1. The molecule has 24 heavy (non-hydrogen) atoms. The lowest BCUT2D eigenvalue weighted by Crippen LogP contribution is -2.51. The molecule has 126 valence electrons. The predicted octanol–water partition coefficient (Wildman–Crippen LogP) is 2.36. The molecular weight excluding hydrogens is 306 g/mol. The molecule has 0 aliphatic rings. The molecule has 0 aromatic heterocycles. The molecule has 5 heteroatoms. The van der Waals surface area contributed by atoms with Gasteiger partial charge in [0.15, 0.2) is 5.60 Å². The maximum atomic E-state index is 12.7. The quantitative estimate of drug-likeness (QED) is 0.818. The van der Waals surface area contributed by atoms with Gasteiger partial charge in [-0.25, -0.2) is 4.79 Å². The fourth-order valence-electron chi connectivity index (χ4n) is 2.44. The highest BCUT2D eigenvalue weighted by Gasteiger charge is 2.37. The Kier molecular flexibility index (Phi) is 5.71. The van der Waals surface area contributed by atoms with Gasteiger partial charge in [-0.15, -0.1) is 0 Å². The van der Waals surface area contributed by atoms with Crippen LogP contribution in [0.2, 0.25) is 0 Å². The lowest BCUT2D eigenvalue weighted by molar-refractivity contribution is -0.149. The first kappa shape index (κ1) is 17.7. The number of hydrogen-bond acceptors (Lipinski definition) is 3. The van der Waals surface area contributed by atoms with E-state index in [1.807, 2.05) is 36.4 Å². The van der Waals surface area contributed by atoms with E-state index in [2.05, 4.69) is 5.32 Å². The van der Waals surface area contributed by atoms with E-state index in [1.165, 1.54) is 7.11 Å². The standard InChI is InChI=1S/C19H21NO4/c1-19(24-2,15-11-7-4-8-12-15)18(23)20-16(17(21)22)13-14-9-5-3-6-10-14/h3-12,16H,13H2,1-2H3,(H,20,23)(H,21,22)/t16-,19-/m0/s1. The van der Waals surface area contributed by atoms with E-state index in [9.17, 15) is 14.7 Å². The van der Waals surface area contributed by atoms with Crippen LogP contribution in [0.5, 0.6) is 0 Å². The summed E-state index contributed by atoms with van der Waals surface area (Å²) < 4.78 is 5.41. The largest absolute Gasteiger partial charge is 0.480 e. The van der Waals surface area contributed by atoms with Crippen molar-refractivity contribution in [3.8, 4) is 0 Å². The minimum absolute atomic E-state index is 0.205. The van der Waals surface area contributed by atoms with Crippen molar-refractivity contribution in [2.45, 2.75) is 25.0 Å². The normalized spacial score (nSPS) is 14.4. The Morgan fingerprint density at radius 3 is 2.12 bits per heavy atom. The van der Waals surface area contributed by atoms with E-state index < -0.39 is 23.5 Å². The van der Waals surface area contributed by atoms with Gasteiger partial charge in [0.2, 0.25) is 0 Å². The summed E-state index contributed by atoms with van der Waals surface area (Å²) >= 11 is 0. The number of carbonyl (C=O) groups is 2. The van der Waals surface area contributed by atoms with Crippen molar-refractivity contribution < 1.29 is 19.4 Å². The van der Waals surface area contributed by atoms with Gasteiger partial charge in [0, 0.05) is 13.5 Å². The lowest BCUT2D eigenvalue weighted by atomic mass is 9.94. The average Bonchev–Trinajstić information content (AvgIpc) is 2.61. The maximum Gasteiger partial charge on any atom is 0.326 e. The Bertz CT molecular complexity index is 687. The molecule has 2 aromatic rings. The Labute approximate surface area is 141 Å². The van der Waals surface area contributed by atoms with Gasteiger partial charge < -0.3 is 15.2 Å². The number of aliphatic carboxylic acids is 1. The van der Waals surface area contributed by atoms with Crippen molar-refractivity contribution in [2.75, 3.05) is 7.11 Å². The number of nitrogens with one attached hydrogen (secondary N) is 1. The minimum atomic E-state index is -1.26. The first-order chi connectivity index (χ1) is 11.5. The van der Waals surface area contributed by atoms with Crippen LogP contribution >= 0.6 is 0 Å². The van der Waals surface area contributed by atoms with Gasteiger partial charge >= 0.3 is 5.97 Å². The number of methoxy groups -OCH3 is 1. The number of rotatable bonds is 7. The summed E-state index contributed by atoms with van der Waals surface area (Å²) in [6.45, 7) is 1.62. The molecule has 0 saturated carbocycles. The van der Waals surface area contributed by atoms with Gasteiger partial charge in [-0.2, -0.15) is 0 Å². The van der Waals surface area contributed by atoms with Crippen molar-refractivity contribution in [2.24, 2.45) is 0 Å². The topological polar surface area (TPSA) is 75.6 Å². The van der Waals surface area contributed by atoms with Crippen molar-refractivity contribution in [1.29, 1.82) is 0 Å². The highest BCUT2D eigenvalue weighted by atomic mass is 16.5. The van der Waals surface area contributed by atoms with Crippen molar-refractivity contribution in [3.05, 3.63) is 71.8 Å². The summed E-state index contributed by atoms with van der Waals surface area (Å²) in [5.41, 5.74) is 0.240. The Morgan fingerprint density at radius 1 is 1.08 bits per heavy atom. The van der Waals surface area contributed by atoms with Gasteiger partial charge in [-0.1, -0.05) is 60.7 Å². The monoisotopic (exact) mass is 327 g/mol. The third-order valence-corrected chi connectivity index (χ3v) is 4.05. The first-order valence-electron chi connectivity index (χ1n) is 7.65.